The topological polar surface area (TPSA) is 29.1 Å². The number of benzene rings is 1. The molecule has 0 spiro atoms. The predicted molar refractivity (Wildman–Crippen MR) is 77.2 cm³/mol. The molecule has 0 saturated heterocycles. The molecule has 0 saturated carbocycles. The minimum Gasteiger partial charge on any atom is -0.349 e. The molecule has 0 aliphatic carbocycles. The summed E-state index contributed by atoms with van der Waals surface area (Å²) < 4.78 is 0. The second kappa shape index (κ2) is 6.24. The molecule has 2 nitrogen and oxygen atoms in total. The number of hydrogen-bond acceptors (Lipinski definition) is 1. The van der Waals surface area contributed by atoms with Gasteiger partial charge in [-0.2, -0.15) is 0 Å². The largest absolute Gasteiger partial charge is 0.349 e. The summed E-state index contributed by atoms with van der Waals surface area (Å²) >= 11 is 5.89. The molecule has 0 radical (unpaired) electrons. The van der Waals surface area contributed by atoms with Gasteiger partial charge in [0.25, 0.3) is 0 Å². The number of hydrogen-bond donors (Lipinski definition) is 1. The standard InChI is InChI=1S/C15H22ClNO/c1-5-15(4,10-16)17-14(18)9-13-7-6-11(2)12(3)8-13/h6-8H,5,9-10H2,1-4H3,(H,17,18). The zero-order valence-electron chi connectivity index (χ0n) is 11.6. The van der Waals surface area contributed by atoms with Gasteiger partial charge in [-0.25, -0.2) is 0 Å². The number of nitrogens with one attached hydrogen (secondary N) is 1. The fourth-order valence-corrected chi connectivity index (χ4v) is 1.95. The first-order valence-electron chi connectivity index (χ1n) is 6.33. The average molecular weight is 268 g/mol. The van der Waals surface area contributed by atoms with Crippen LogP contribution >= 0.6 is 11.6 Å². The van der Waals surface area contributed by atoms with Crippen LogP contribution in [0.4, 0.5) is 0 Å². The molecule has 0 heterocycles. The van der Waals surface area contributed by atoms with Crippen LogP contribution in [0.25, 0.3) is 0 Å². The Morgan fingerprint density at radius 1 is 1.33 bits per heavy atom. The van der Waals surface area contributed by atoms with E-state index < -0.39 is 0 Å². The Morgan fingerprint density at radius 3 is 2.50 bits per heavy atom. The van der Waals surface area contributed by atoms with E-state index in [0.717, 1.165) is 12.0 Å². The van der Waals surface area contributed by atoms with Crippen LogP contribution in [0.5, 0.6) is 0 Å². The molecule has 1 rings (SSSR count). The highest BCUT2D eigenvalue weighted by atomic mass is 35.5. The molecule has 100 valence electrons. The number of aryl methyl sites for hydroxylation is 2. The Hall–Kier alpha value is -1.02. The molecular weight excluding hydrogens is 246 g/mol. The van der Waals surface area contributed by atoms with Crippen LogP contribution < -0.4 is 5.32 Å². The van der Waals surface area contributed by atoms with E-state index in [1.54, 1.807) is 0 Å². The lowest BCUT2D eigenvalue weighted by atomic mass is 10.00. The zero-order chi connectivity index (χ0) is 13.8. The Balaban J connectivity index is 2.67. The van der Waals surface area contributed by atoms with E-state index in [1.165, 1.54) is 11.1 Å². The zero-order valence-corrected chi connectivity index (χ0v) is 12.4. The fraction of sp³-hybridized carbons (Fsp3) is 0.533. The molecule has 3 heteroatoms. The molecule has 18 heavy (non-hydrogen) atoms. The van der Waals surface area contributed by atoms with Crippen molar-refractivity contribution in [2.24, 2.45) is 0 Å². The Bertz CT molecular complexity index is 425. The molecule has 1 unspecified atom stereocenters. The van der Waals surface area contributed by atoms with Crippen molar-refractivity contribution < 1.29 is 4.79 Å². The van der Waals surface area contributed by atoms with Crippen molar-refractivity contribution in [3.63, 3.8) is 0 Å². The summed E-state index contributed by atoms with van der Waals surface area (Å²) in [7, 11) is 0. The van der Waals surface area contributed by atoms with Crippen LogP contribution in [0.15, 0.2) is 18.2 Å². The van der Waals surface area contributed by atoms with Crippen LogP contribution in [0.1, 0.15) is 37.0 Å². The lowest BCUT2D eigenvalue weighted by molar-refractivity contribution is -0.122. The number of amides is 1. The van der Waals surface area contributed by atoms with E-state index in [9.17, 15) is 4.79 Å². The van der Waals surface area contributed by atoms with Crippen molar-refractivity contribution in [1.82, 2.24) is 5.32 Å². The van der Waals surface area contributed by atoms with Gasteiger partial charge in [-0.1, -0.05) is 25.1 Å². The third kappa shape index (κ3) is 4.02. The fourth-order valence-electron chi connectivity index (χ4n) is 1.70. The highest BCUT2D eigenvalue weighted by Gasteiger charge is 2.22. The van der Waals surface area contributed by atoms with E-state index in [4.69, 9.17) is 11.6 Å². The van der Waals surface area contributed by atoms with E-state index in [0.29, 0.717) is 12.3 Å². The molecule has 1 atom stereocenters. The highest BCUT2D eigenvalue weighted by molar-refractivity contribution is 6.18. The maximum atomic E-state index is 12.0. The van der Waals surface area contributed by atoms with Gasteiger partial charge in [-0.05, 0) is 43.9 Å². The Kier molecular flexibility index (Phi) is 5.21. The van der Waals surface area contributed by atoms with Crippen molar-refractivity contribution in [2.45, 2.75) is 46.1 Å². The molecule has 1 aromatic rings. The molecule has 1 N–H and O–H groups in total. The van der Waals surface area contributed by atoms with Crippen molar-refractivity contribution >= 4 is 17.5 Å². The van der Waals surface area contributed by atoms with Crippen molar-refractivity contribution in [3.05, 3.63) is 34.9 Å². The maximum absolute atomic E-state index is 12.0. The highest BCUT2D eigenvalue weighted by Crippen LogP contribution is 2.13. The Morgan fingerprint density at radius 2 is 2.00 bits per heavy atom. The van der Waals surface area contributed by atoms with Gasteiger partial charge in [0.2, 0.25) is 5.91 Å². The number of halogens is 1. The molecule has 0 bridgehead atoms. The van der Waals surface area contributed by atoms with E-state index in [1.807, 2.05) is 19.9 Å². The Labute approximate surface area is 115 Å². The SMILES string of the molecule is CCC(C)(CCl)NC(=O)Cc1ccc(C)c(C)c1. The van der Waals surface area contributed by atoms with Gasteiger partial charge < -0.3 is 5.32 Å². The number of carbonyl (C=O) groups excluding carboxylic acids is 1. The molecule has 0 aromatic heterocycles. The molecule has 1 amide bonds. The molecule has 1 aromatic carbocycles. The first-order chi connectivity index (χ1) is 8.40. The monoisotopic (exact) mass is 267 g/mol. The summed E-state index contributed by atoms with van der Waals surface area (Å²) in [6, 6.07) is 6.13. The van der Waals surface area contributed by atoms with Crippen LogP contribution in [-0.2, 0) is 11.2 Å². The van der Waals surface area contributed by atoms with Crippen LogP contribution in [0.2, 0.25) is 0 Å². The quantitative estimate of drug-likeness (QED) is 0.815. The maximum Gasteiger partial charge on any atom is 0.224 e. The van der Waals surface area contributed by atoms with Crippen LogP contribution in [-0.4, -0.2) is 17.3 Å². The molecule has 0 aliphatic heterocycles. The van der Waals surface area contributed by atoms with Gasteiger partial charge in [-0.3, -0.25) is 4.79 Å². The van der Waals surface area contributed by atoms with E-state index >= 15 is 0 Å². The lowest BCUT2D eigenvalue weighted by Gasteiger charge is -2.27. The van der Waals surface area contributed by atoms with Gasteiger partial charge in [0, 0.05) is 5.88 Å². The predicted octanol–water partition coefficient (Wildman–Crippen LogP) is 3.37. The van der Waals surface area contributed by atoms with E-state index in [2.05, 4.69) is 31.3 Å². The summed E-state index contributed by atoms with van der Waals surface area (Å²) in [6.07, 6.45) is 1.24. The van der Waals surface area contributed by atoms with Crippen LogP contribution in [0, 0.1) is 13.8 Å². The third-order valence-corrected chi connectivity index (χ3v) is 4.04. The smallest absolute Gasteiger partial charge is 0.224 e. The lowest BCUT2D eigenvalue weighted by Crippen LogP contribution is -2.47. The van der Waals surface area contributed by atoms with E-state index in [-0.39, 0.29) is 11.4 Å². The van der Waals surface area contributed by atoms with Crippen molar-refractivity contribution in [2.75, 3.05) is 5.88 Å². The molecular formula is C15H22ClNO. The molecule has 0 aliphatic rings. The van der Waals surface area contributed by atoms with Gasteiger partial charge >= 0.3 is 0 Å². The minimum absolute atomic E-state index is 0.0308. The summed E-state index contributed by atoms with van der Waals surface area (Å²) in [5.41, 5.74) is 3.20. The number of alkyl halides is 1. The molecule has 0 fully saturated rings. The summed E-state index contributed by atoms with van der Waals surface area (Å²) in [5, 5.41) is 3.00. The number of carbonyl (C=O) groups is 1. The normalized spacial score (nSPS) is 14.1. The van der Waals surface area contributed by atoms with Gasteiger partial charge in [0.1, 0.15) is 0 Å². The van der Waals surface area contributed by atoms with Gasteiger partial charge in [0.15, 0.2) is 0 Å². The summed E-state index contributed by atoms with van der Waals surface area (Å²) in [4.78, 5) is 12.0. The van der Waals surface area contributed by atoms with Crippen molar-refractivity contribution in [1.29, 1.82) is 0 Å². The minimum atomic E-state index is -0.307. The van der Waals surface area contributed by atoms with Crippen LogP contribution in [0.3, 0.4) is 0 Å². The third-order valence-electron chi connectivity index (χ3n) is 3.45. The second-order valence-corrected chi connectivity index (χ2v) is 5.46. The first kappa shape index (κ1) is 15.0. The summed E-state index contributed by atoms with van der Waals surface area (Å²) in [5.74, 6) is 0.463. The first-order valence-corrected chi connectivity index (χ1v) is 6.87. The summed E-state index contributed by atoms with van der Waals surface area (Å²) in [6.45, 7) is 8.13. The van der Waals surface area contributed by atoms with Gasteiger partial charge in [-0.15, -0.1) is 11.6 Å². The van der Waals surface area contributed by atoms with Crippen molar-refractivity contribution in [3.8, 4) is 0 Å². The second-order valence-electron chi connectivity index (χ2n) is 5.19. The number of rotatable bonds is 5. The average Bonchev–Trinajstić information content (AvgIpc) is 2.33. The van der Waals surface area contributed by atoms with Gasteiger partial charge in [0.05, 0.1) is 12.0 Å².